The molecule has 1 amide bonds. The summed E-state index contributed by atoms with van der Waals surface area (Å²) >= 11 is 6.28. The maximum absolute atomic E-state index is 11.5. The Bertz CT molecular complexity index is 1140. The second-order valence-electron chi connectivity index (χ2n) is 10.7. The third kappa shape index (κ3) is 7.95. The van der Waals surface area contributed by atoms with E-state index in [2.05, 4.69) is 38.8 Å². The van der Waals surface area contributed by atoms with Crippen molar-refractivity contribution in [2.75, 3.05) is 0 Å². The Kier molecular flexibility index (Phi) is 9.39. The molecule has 0 aliphatic rings. The van der Waals surface area contributed by atoms with Crippen LogP contribution in [-0.4, -0.2) is 29.9 Å². The molecule has 36 heavy (non-hydrogen) atoms. The fourth-order valence-corrected chi connectivity index (χ4v) is 5.27. The molecule has 3 aromatic rings. The minimum atomic E-state index is -2.00. The maximum atomic E-state index is 11.5. The fraction of sp³-hybridized carbons (Fsp3) is 0.429. The Labute approximate surface area is 220 Å². The summed E-state index contributed by atoms with van der Waals surface area (Å²) in [5, 5.41) is 0.749. The van der Waals surface area contributed by atoms with E-state index in [1.54, 1.807) is 12.5 Å². The van der Waals surface area contributed by atoms with Gasteiger partial charge in [-0.3, -0.25) is 4.79 Å². The predicted molar refractivity (Wildman–Crippen MR) is 148 cm³/mol. The highest BCUT2D eigenvalue weighted by atomic mass is 35.5. The number of aromatic nitrogens is 2. The summed E-state index contributed by atoms with van der Waals surface area (Å²) in [6.07, 6.45) is 5.95. The summed E-state index contributed by atoms with van der Waals surface area (Å²) < 4.78 is 14.8. The van der Waals surface area contributed by atoms with Gasteiger partial charge in [0.1, 0.15) is 18.1 Å². The molecule has 0 spiro atoms. The Morgan fingerprint density at radius 3 is 2.53 bits per heavy atom. The number of hydrogen-bond donors (Lipinski definition) is 1. The average molecular weight is 528 g/mol. The number of carbonyl (C=O) groups is 1. The molecular weight excluding hydrogens is 490 g/mol. The molecule has 3 rings (SSSR count). The lowest BCUT2D eigenvalue weighted by molar-refractivity contribution is 0.0995. The summed E-state index contributed by atoms with van der Waals surface area (Å²) in [5.41, 5.74) is 7.89. The van der Waals surface area contributed by atoms with Gasteiger partial charge in [-0.2, -0.15) is 0 Å². The number of aryl methyl sites for hydroxylation is 1. The van der Waals surface area contributed by atoms with Gasteiger partial charge in [0.25, 0.3) is 5.91 Å². The van der Waals surface area contributed by atoms with E-state index < -0.39 is 14.2 Å². The monoisotopic (exact) mass is 527 g/mol. The Hall–Kier alpha value is -2.61. The summed E-state index contributed by atoms with van der Waals surface area (Å²) in [5.74, 6) is 0.287. The molecule has 0 saturated heterocycles. The third-order valence-corrected chi connectivity index (χ3v) is 11.6. The van der Waals surface area contributed by atoms with E-state index in [1.807, 2.05) is 53.1 Å². The van der Waals surface area contributed by atoms with Crippen molar-refractivity contribution in [2.45, 2.75) is 77.4 Å². The Balaban J connectivity index is 1.69. The number of rotatable bonds is 12. The first-order chi connectivity index (χ1) is 16.9. The number of carbonyl (C=O) groups excluding carboxylic acids is 1. The average Bonchev–Trinajstić information content (AvgIpc) is 3.27. The molecule has 1 atom stereocenters. The standard InChI is InChI=1S/C28H38ClN3O3Si/c1-28(2,3)36(4,5)35-24(17-32-18-25(27(30)33)31-20-32)13-9-12-22-14-15-23(29)16-26(22)34-19-21-10-7-6-8-11-21/h6-8,10-11,14-16,18,20,24H,9,12-13,17,19H2,1-5H3,(H2,30,33)/t24-/m0/s1. The van der Waals surface area contributed by atoms with Gasteiger partial charge in [0.15, 0.2) is 8.32 Å². The number of benzene rings is 2. The molecule has 0 radical (unpaired) electrons. The highest BCUT2D eigenvalue weighted by Crippen LogP contribution is 2.38. The topological polar surface area (TPSA) is 79.4 Å². The zero-order chi connectivity index (χ0) is 26.3. The van der Waals surface area contributed by atoms with Gasteiger partial charge in [0.05, 0.1) is 12.4 Å². The third-order valence-electron chi connectivity index (χ3n) is 6.81. The molecule has 0 unspecified atom stereocenters. The number of ether oxygens (including phenoxy) is 1. The summed E-state index contributed by atoms with van der Waals surface area (Å²) in [6, 6.07) is 15.9. The van der Waals surface area contributed by atoms with Gasteiger partial charge < -0.3 is 19.5 Å². The van der Waals surface area contributed by atoms with Crippen LogP contribution in [0, 0.1) is 0 Å². The number of primary amides is 1. The van der Waals surface area contributed by atoms with E-state index in [-0.39, 0.29) is 16.8 Å². The second kappa shape index (κ2) is 12.1. The largest absolute Gasteiger partial charge is 0.489 e. The van der Waals surface area contributed by atoms with Crippen molar-refractivity contribution < 1.29 is 14.0 Å². The SMILES string of the molecule is CC(C)(C)[Si](C)(C)O[C@@H](CCCc1ccc(Cl)cc1OCc1ccccc1)Cn1cnc(C(N)=O)c1. The number of nitrogens with two attached hydrogens (primary N) is 1. The van der Waals surface area contributed by atoms with E-state index in [0.29, 0.717) is 18.2 Å². The van der Waals surface area contributed by atoms with Crippen molar-refractivity contribution in [1.29, 1.82) is 0 Å². The van der Waals surface area contributed by atoms with Crippen LogP contribution < -0.4 is 10.5 Å². The van der Waals surface area contributed by atoms with Gasteiger partial charge in [-0.05, 0) is 60.7 Å². The lowest BCUT2D eigenvalue weighted by Crippen LogP contribution is -2.44. The lowest BCUT2D eigenvalue weighted by Gasteiger charge is -2.39. The van der Waals surface area contributed by atoms with Crippen LogP contribution in [0.5, 0.6) is 5.75 Å². The van der Waals surface area contributed by atoms with Crippen molar-refractivity contribution >= 4 is 25.8 Å². The lowest BCUT2D eigenvalue weighted by atomic mass is 10.0. The van der Waals surface area contributed by atoms with E-state index >= 15 is 0 Å². The molecule has 2 aromatic carbocycles. The molecule has 0 aliphatic heterocycles. The van der Waals surface area contributed by atoms with Gasteiger partial charge in [0.2, 0.25) is 0 Å². The molecule has 0 aliphatic carbocycles. The van der Waals surface area contributed by atoms with Crippen molar-refractivity contribution in [3.63, 3.8) is 0 Å². The summed E-state index contributed by atoms with van der Waals surface area (Å²) in [7, 11) is -2.00. The van der Waals surface area contributed by atoms with Gasteiger partial charge in [0, 0.05) is 17.8 Å². The first-order valence-electron chi connectivity index (χ1n) is 12.4. The molecule has 2 N–H and O–H groups in total. The number of imidazole rings is 1. The van der Waals surface area contributed by atoms with Crippen LogP contribution in [0.3, 0.4) is 0 Å². The van der Waals surface area contributed by atoms with Crippen molar-refractivity contribution in [3.05, 3.63) is 82.9 Å². The van der Waals surface area contributed by atoms with Crippen LogP contribution in [0.25, 0.3) is 0 Å². The van der Waals surface area contributed by atoms with Crippen molar-refractivity contribution in [3.8, 4) is 5.75 Å². The van der Waals surface area contributed by atoms with E-state index in [9.17, 15) is 4.79 Å². The first kappa shape index (κ1) is 28.0. The summed E-state index contributed by atoms with van der Waals surface area (Å²) in [6.45, 7) is 12.3. The van der Waals surface area contributed by atoms with E-state index in [0.717, 1.165) is 36.1 Å². The fourth-order valence-electron chi connectivity index (χ4n) is 3.73. The van der Waals surface area contributed by atoms with Crippen LogP contribution in [0.2, 0.25) is 23.2 Å². The first-order valence-corrected chi connectivity index (χ1v) is 15.7. The van der Waals surface area contributed by atoms with Gasteiger partial charge in [-0.1, -0.05) is 68.8 Å². The number of hydrogen-bond acceptors (Lipinski definition) is 4. The van der Waals surface area contributed by atoms with Crippen LogP contribution in [0.1, 0.15) is 55.2 Å². The van der Waals surface area contributed by atoms with Crippen LogP contribution in [0.4, 0.5) is 0 Å². The van der Waals surface area contributed by atoms with E-state index in [4.69, 9.17) is 26.5 Å². The molecule has 194 valence electrons. The number of amides is 1. The van der Waals surface area contributed by atoms with Gasteiger partial charge >= 0.3 is 0 Å². The molecule has 8 heteroatoms. The quantitative estimate of drug-likeness (QED) is 0.268. The van der Waals surface area contributed by atoms with Crippen molar-refractivity contribution in [2.24, 2.45) is 5.73 Å². The normalized spacial score (nSPS) is 12.9. The van der Waals surface area contributed by atoms with Crippen molar-refractivity contribution in [1.82, 2.24) is 9.55 Å². The Morgan fingerprint density at radius 1 is 1.17 bits per heavy atom. The van der Waals surface area contributed by atoms with Crippen LogP contribution in [-0.2, 0) is 24.0 Å². The Morgan fingerprint density at radius 2 is 1.89 bits per heavy atom. The highest BCUT2D eigenvalue weighted by Gasteiger charge is 2.39. The zero-order valence-electron chi connectivity index (χ0n) is 22.0. The molecule has 0 saturated carbocycles. The molecule has 0 bridgehead atoms. The molecule has 1 heterocycles. The second-order valence-corrected chi connectivity index (χ2v) is 15.9. The van der Waals surface area contributed by atoms with E-state index in [1.165, 1.54) is 0 Å². The zero-order valence-corrected chi connectivity index (χ0v) is 23.7. The molecule has 1 aromatic heterocycles. The molecule has 0 fully saturated rings. The van der Waals surface area contributed by atoms with Gasteiger partial charge in [-0.25, -0.2) is 4.98 Å². The number of nitrogens with zero attached hydrogens (tertiary/aromatic N) is 2. The predicted octanol–water partition coefficient (Wildman–Crippen LogP) is 6.63. The minimum Gasteiger partial charge on any atom is -0.489 e. The summed E-state index contributed by atoms with van der Waals surface area (Å²) in [4.78, 5) is 15.6. The highest BCUT2D eigenvalue weighted by molar-refractivity contribution is 6.74. The molecular formula is C28H38ClN3O3Si. The maximum Gasteiger partial charge on any atom is 0.268 e. The minimum absolute atomic E-state index is 0.0122. The molecule has 6 nitrogen and oxygen atoms in total. The van der Waals surface area contributed by atoms with Crippen LogP contribution in [0.15, 0.2) is 61.1 Å². The smallest absolute Gasteiger partial charge is 0.268 e. The van der Waals surface area contributed by atoms with Crippen LogP contribution >= 0.6 is 11.6 Å². The number of halogens is 1. The van der Waals surface area contributed by atoms with Gasteiger partial charge in [-0.15, -0.1) is 0 Å².